The molecule has 6 nitrogen and oxygen atoms in total. The highest BCUT2D eigenvalue weighted by molar-refractivity contribution is 9.10. The molecule has 0 fully saturated rings. The first-order chi connectivity index (χ1) is 11.1. The summed E-state index contributed by atoms with van der Waals surface area (Å²) >= 11 is 4.87. The number of ether oxygens (including phenoxy) is 1. The van der Waals surface area contributed by atoms with Crippen molar-refractivity contribution in [3.05, 3.63) is 51.2 Å². The maximum absolute atomic E-state index is 12.3. The van der Waals surface area contributed by atoms with E-state index in [4.69, 9.17) is 4.74 Å². The number of halogens is 1. The van der Waals surface area contributed by atoms with Crippen LogP contribution in [0, 0.1) is 6.92 Å². The second-order valence-electron chi connectivity index (χ2n) is 4.69. The number of hydrogen-bond donors (Lipinski definition) is 1. The molecule has 8 heteroatoms. The third kappa shape index (κ3) is 3.13. The Morgan fingerprint density at radius 3 is 3.13 bits per heavy atom. The van der Waals surface area contributed by atoms with Crippen LogP contribution in [0.4, 0.5) is 0 Å². The second kappa shape index (κ2) is 6.51. The molecule has 0 atom stereocenters. The largest absolute Gasteiger partial charge is 0.496 e. The Morgan fingerprint density at radius 2 is 2.35 bits per heavy atom. The highest BCUT2D eigenvalue weighted by Crippen LogP contribution is 2.21. The molecule has 0 aliphatic heterocycles. The highest BCUT2D eigenvalue weighted by Gasteiger charge is 2.16. The van der Waals surface area contributed by atoms with E-state index in [-0.39, 0.29) is 5.91 Å². The van der Waals surface area contributed by atoms with Crippen molar-refractivity contribution in [3.8, 4) is 5.75 Å². The minimum absolute atomic E-state index is 0.307. The number of carbonyl (C=O) groups is 1. The fourth-order valence-electron chi connectivity index (χ4n) is 2.19. The summed E-state index contributed by atoms with van der Waals surface area (Å²) in [6, 6.07) is 5.55. The second-order valence-corrected chi connectivity index (χ2v) is 6.48. The predicted molar refractivity (Wildman–Crippen MR) is 93.6 cm³/mol. The number of nitrogens with zero attached hydrogens (tertiary/aromatic N) is 3. The molecule has 3 rings (SSSR count). The van der Waals surface area contributed by atoms with E-state index in [0.29, 0.717) is 17.1 Å². The van der Waals surface area contributed by atoms with Crippen LogP contribution < -0.4 is 10.2 Å². The van der Waals surface area contributed by atoms with Crippen LogP contribution in [-0.2, 0) is 0 Å². The number of methoxy groups -OCH3 is 1. The van der Waals surface area contributed by atoms with Crippen LogP contribution in [0.3, 0.4) is 0 Å². The van der Waals surface area contributed by atoms with Gasteiger partial charge in [-0.25, -0.2) is 10.4 Å². The summed E-state index contributed by atoms with van der Waals surface area (Å²) in [5.74, 6) is 0.366. The van der Waals surface area contributed by atoms with E-state index >= 15 is 0 Å². The molecule has 0 aliphatic rings. The summed E-state index contributed by atoms with van der Waals surface area (Å²) in [7, 11) is 1.59. The minimum atomic E-state index is -0.307. The average molecular weight is 393 g/mol. The van der Waals surface area contributed by atoms with Gasteiger partial charge in [-0.2, -0.15) is 5.10 Å². The lowest BCUT2D eigenvalue weighted by Gasteiger charge is -2.04. The number of fused-ring (bicyclic) bond motifs is 1. The number of amides is 1. The molecule has 118 valence electrons. The van der Waals surface area contributed by atoms with Crippen LogP contribution in [0.25, 0.3) is 4.96 Å². The molecule has 1 N–H and O–H groups in total. The van der Waals surface area contributed by atoms with E-state index in [2.05, 4.69) is 31.4 Å². The van der Waals surface area contributed by atoms with Gasteiger partial charge in [0.25, 0.3) is 5.91 Å². The number of carbonyl (C=O) groups excluding carboxylic acids is 1. The normalized spacial score (nSPS) is 11.3. The number of hydrazone groups is 1. The summed E-state index contributed by atoms with van der Waals surface area (Å²) in [6.45, 7) is 1.80. The molecular weight excluding hydrogens is 380 g/mol. The number of hydrogen-bond acceptors (Lipinski definition) is 5. The number of aryl methyl sites for hydroxylation is 1. The van der Waals surface area contributed by atoms with Gasteiger partial charge in [0.1, 0.15) is 11.4 Å². The molecule has 0 aliphatic carbocycles. The number of imidazole rings is 1. The van der Waals surface area contributed by atoms with Gasteiger partial charge >= 0.3 is 0 Å². The van der Waals surface area contributed by atoms with Crippen LogP contribution in [0.2, 0.25) is 0 Å². The molecule has 0 saturated carbocycles. The maximum atomic E-state index is 12.3. The zero-order valence-corrected chi connectivity index (χ0v) is 14.8. The van der Waals surface area contributed by atoms with Crippen LogP contribution in [-0.4, -0.2) is 28.6 Å². The van der Waals surface area contributed by atoms with Gasteiger partial charge in [0.2, 0.25) is 0 Å². The molecule has 0 unspecified atom stereocenters. The fraction of sp³-hybridized carbons (Fsp3) is 0.133. The van der Waals surface area contributed by atoms with Gasteiger partial charge in [-0.1, -0.05) is 15.9 Å². The van der Waals surface area contributed by atoms with Gasteiger partial charge in [0.15, 0.2) is 4.96 Å². The Labute approximate surface area is 144 Å². The van der Waals surface area contributed by atoms with Crippen LogP contribution in [0.15, 0.2) is 39.4 Å². The molecule has 0 spiro atoms. The number of rotatable bonds is 4. The zero-order valence-electron chi connectivity index (χ0n) is 12.4. The maximum Gasteiger partial charge on any atom is 0.290 e. The number of aromatic nitrogens is 2. The molecule has 1 amide bonds. The number of thiazole rings is 1. The predicted octanol–water partition coefficient (Wildman–Crippen LogP) is 3.24. The van der Waals surface area contributed by atoms with Crippen molar-refractivity contribution in [3.63, 3.8) is 0 Å². The minimum Gasteiger partial charge on any atom is -0.496 e. The Balaban J connectivity index is 1.80. The third-order valence-corrected chi connectivity index (χ3v) is 4.46. The summed E-state index contributed by atoms with van der Waals surface area (Å²) in [6.07, 6.45) is 3.36. The third-order valence-electron chi connectivity index (χ3n) is 3.21. The fourth-order valence-corrected chi connectivity index (χ4v) is 3.33. The standard InChI is InChI=1S/C15H13BrN4O2S/c1-9-13(20-5-6-23-15(20)18-9)14(21)19-17-8-10-7-11(16)3-4-12(10)22-2/h3-8H,1-2H3,(H,19,21)/b17-8-. The van der Waals surface area contributed by atoms with Crippen molar-refractivity contribution in [2.24, 2.45) is 5.10 Å². The van der Waals surface area contributed by atoms with Gasteiger partial charge in [-0.3, -0.25) is 9.20 Å². The van der Waals surface area contributed by atoms with Crippen LogP contribution >= 0.6 is 27.3 Å². The topological polar surface area (TPSA) is 68.0 Å². The monoisotopic (exact) mass is 392 g/mol. The van der Waals surface area contributed by atoms with Crippen molar-refractivity contribution >= 4 is 44.3 Å². The molecule has 2 aromatic heterocycles. The number of nitrogens with one attached hydrogen (secondary N) is 1. The van der Waals surface area contributed by atoms with E-state index in [1.807, 2.05) is 29.8 Å². The SMILES string of the molecule is COc1ccc(Br)cc1/C=N\NC(=O)c1c(C)nc2sccn12. The lowest BCUT2D eigenvalue weighted by atomic mass is 10.2. The molecule has 0 bridgehead atoms. The molecular formula is C15H13BrN4O2S. The van der Waals surface area contributed by atoms with E-state index in [0.717, 1.165) is 15.0 Å². The molecule has 3 aromatic rings. The summed E-state index contributed by atoms with van der Waals surface area (Å²) in [5, 5.41) is 5.90. The Bertz CT molecular complexity index is 900. The van der Waals surface area contributed by atoms with Crippen molar-refractivity contribution in [1.29, 1.82) is 0 Å². The Kier molecular flexibility index (Phi) is 4.44. The van der Waals surface area contributed by atoms with E-state index < -0.39 is 0 Å². The van der Waals surface area contributed by atoms with Crippen molar-refractivity contribution in [1.82, 2.24) is 14.8 Å². The smallest absolute Gasteiger partial charge is 0.290 e. The summed E-state index contributed by atoms with van der Waals surface area (Å²) in [4.78, 5) is 17.5. The lowest BCUT2D eigenvalue weighted by Crippen LogP contribution is -2.20. The first-order valence-electron chi connectivity index (χ1n) is 6.69. The Hall–Kier alpha value is -2.19. The van der Waals surface area contributed by atoms with E-state index in [1.54, 1.807) is 24.6 Å². The van der Waals surface area contributed by atoms with Crippen molar-refractivity contribution in [2.45, 2.75) is 6.92 Å². The van der Waals surface area contributed by atoms with Crippen molar-refractivity contribution in [2.75, 3.05) is 7.11 Å². The van der Waals surface area contributed by atoms with Crippen molar-refractivity contribution < 1.29 is 9.53 Å². The molecule has 2 heterocycles. The van der Waals surface area contributed by atoms with Gasteiger partial charge in [0.05, 0.1) is 19.0 Å². The van der Waals surface area contributed by atoms with Crippen LogP contribution in [0.5, 0.6) is 5.75 Å². The average Bonchev–Trinajstić information content (AvgIpc) is 3.07. The van der Waals surface area contributed by atoms with E-state index in [9.17, 15) is 4.79 Å². The zero-order chi connectivity index (χ0) is 16.4. The van der Waals surface area contributed by atoms with E-state index in [1.165, 1.54) is 11.3 Å². The first-order valence-corrected chi connectivity index (χ1v) is 8.36. The van der Waals surface area contributed by atoms with Gasteiger partial charge in [-0.15, -0.1) is 11.3 Å². The van der Waals surface area contributed by atoms with Gasteiger partial charge in [-0.05, 0) is 25.1 Å². The molecule has 1 aromatic carbocycles. The first kappa shape index (κ1) is 15.7. The molecule has 23 heavy (non-hydrogen) atoms. The molecule has 0 radical (unpaired) electrons. The Morgan fingerprint density at radius 1 is 1.52 bits per heavy atom. The summed E-state index contributed by atoms with van der Waals surface area (Å²) in [5.41, 5.74) is 4.44. The quantitative estimate of drug-likeness (QED) is 0.547. The number of benzene rings is 1. The summed E-state index contributed by atoms with van der Waals surface area (Å²) < 4.78 is 7.91. The van der Waals surface area contributed by atoms with Gasteiger partial charge < -0.3 is 4.74 Å². The highest BCUT2D eigenvalue weighted by atomic mass is 79.9. The lowest BCUT2D eigenvalue weighted by molar-refractivity contribution is 0.0948. The van der Waals surface area contributed by atoms with Gasteiger partial charge in [0, 0.05) is 21.6 Å². The van der Waals surface area contributed by atoms with Crippen LogP contribution in [0.1, 0.15) is 21.7 Å². The molecule has 0 saturated heterocycles.